The standard InChI is InChI=1S/C10H10ClNO3/c11-8-2-5-1-6(3-9(13)14)10(15)7(5)4-12-8/h2,4,6,10,15H,1,3H2,(H,13,14)/t6-,10?/m0/s1. The van der Waals surface area contributed by atoms with Gasteiger partial charge in [0.1, 0.15) is 5.15 Å². The van der Waals surface area contributed by atoms with Crippen molar-refractivity contribution in [3.05, 3.63) is 28.5 Å². The number of aliphatic carboxylic acids is 1. The largest absolute Gasteiger partial charge is 0.481 e. The summed E-state index contributed by atoms with van der Waals surface area (Å²) >= 11 is 5.72. The number of halogens is 1. The number of aliphatic hydroxyl groups excluding tert-OH is 1. The van der Waals surface area contributed by atoms with Gasteiger partial charge in [0.25, 0.3) is 0 Å². The summed E-state index contributed by atoms with van der Waals surface area (Å²) in [4.78, 5) is 14.4. The number of rotatable bonds is 2. The molecule has 2 N–H and O–H groups in total. The Labute approximate surface area is 91.5 Å². The highest BCUT2D eigenvalue weighted by atomic mass is 35.5. The Morgan fingerprint density at radius 2 is 2.40 bits per heavy atom. The van der Waals surface area contributed by atoms with Crippen molar-refractivity contribution in [3.8, 4) is 0 Å². The molecule has 0 aliphatic heterocycles. The molecule has 0 spiro atoms. The Balaban J connectivity index is 2.25. The van der Waals surface area contributed by atoms with E-state index in [1.165, 1.54) is 6.20 Å². The summed E-state index contributed by atoms with van der Waals surface area (Å²) in [7, 11) is 0. The van der Waals surface area contributed by atoms with E-state index in [1.807, 2.05) is 0 Å². The van der Waals surface area contributed by atoms with Crippen molar-refractivity contribution < 1.29 is 15.0 Å². The van der Waals surface area contributed by atoms with Crippen molar-refractivity contribution >= 4 is 17.6 Å². The van der Waals surface area contributed by atoms with Crippen LogP contribution in [-0.2, 0) is 11.2 Å². The Hall–Kier alpha value is -1.13. The number of aliphatic hydroxyl groups is 1. The highest BCUT2D eigenvalue weighted by molar-refractivity contribution is 6.29. The molecule has 0 fully saturated rings. The molecule has 1 heterocycles. The second-order valence-corrected chi connectivity index (χ2v) is 4.10. The summed E-state index contributed by atoms with van der Waals surface area (Å²) < 4.78 is 0. The van der Waals surface area contributed by atoms with Crippen molar-refractivity contribution in [2.75, 3.05) is 0 Å². The van der Waals surface area contributed by atoms with E-state index in [1.54, 1.807) is 6.07 Å². The van der Waals surface area contributed by atoms with E-state index in [4.69, 9.17) is 16.7 Å². The van der Waals surface area contributed by atoms with Crippen LogP contribution in [0.3, 0.4) is 0 Å². The predicted octanol–water partition coefficient (Wildman–Crippen LogP) is 1.42. The normalized spacial score (nSPS) is 23.9. The zero-order valence-electron chi connectivity index (χ0n) is 7.85. The van der Waals surface area contributed by atoms with E-state index >= 15 is 0 Å². The van der Waals surface area contributed by atoms with E-state index in [0.717, 1.165) is 5.56 Å². The molecule has 2 rings (SSSR count). The molecule has 1 unspecified atom stereocenters. The van der Waals surface area contributed by atoms with Crippen molar-refractivity contribution in [2.24, 2.45) is 5.92 Å². The Morgan fingerprint density at radius 1 is 1.67 bits per heavy atom. The summed E-state index contributed by atoms with van der Waals surface area (Å²) in [5.74, 6) is -1.16. The average Bonchev–Trinajstić information content (AvgIpc) is 2.42. The second kappa shape index (κ2) is 3.79. The fraction of sp³-hybridized carbons (Fsp3) is 0.400. The third-order valence-corrected chi connectivity index (χ3v) is 2.88. The van der Waals surface area contributed by atoms with Gasteiger partial charge in [-0.25, -0.2) is 4.98 Å². The Kier molecular flexibility index (Phi) is 2.63. The zero-order chi connectivity index (χ0) is 11.0. The van der Waals surface area contributed by atoms with Crippen LogP contribution in [0.15, 0.2) is 12.3 Å². The molecule has 1 aliphatic carbocycles. The molecule has 0 saturated heterocycles. The van der Waals surface area contributed by atoms with E-state index < -0.39 is 12.1 Å². The molecule has 0 radical (unpaired) electrons. The third kappa shape index (κ3) is 1.96. The number of pyridine rings is 1. The predicted molar refractivity (Wildman–Crippen MR) is 53.7 cm³/mol. The van der Waals surface area contributed by atoms with Gasteiger partial charge in [-0.2, -0.15) is 0 Å². The van der Waals surface area contributed by atoms with Crippen LogP contribution < -0.4 is 0 Å². The van der Waals surface area contributed by atoms with E-state index in [2.05, 4.69) is 4.98 Å². The molecule has 5 heteroatoms. The van der Waals surface area contributed by atoms with Crippen molar-refractivity contribution in [3.63, 3.8) is 0 Å². The number of nitrogens with zero attached hydrogens (tertiary/aromatic N) is 1. The van der Waals surface area contributed by atoms with Crippen LogP contribution in [0.4, 0.5) is 0 Å². The van der Waals surface area contributed by atoms with Gasteiger partial charge in [0.2, 0.25) is 0 Å². The van der Waals surface area contributed by atoms with E-state index in [-0.39, 0.29) is 12.3 Å². The molecule has 0 saturated carbocycles. The summed E-state index contributed by atoms with van der Waals surface area (Å²) in [5, 5.41) is 18.9. The van der Waals surface area contributed by atoms with E-state index in [0.29, 0.717) is 17.1 Å². The SMILES string of the molecule is O=C(O)C[C@@H]1Cc2cc(Cl)ncc2C1O. The number of fused-ring (bicyclic) bond motifs is 1. The molecule has 80 valence electrons. The molecule has 0 bridgehead atoms. The van der Waals surface area contributed by atoms with Crippen LogP contribution in [-0.4, -0.2) is 21.2 Å². The van der Waals surface area contributed by atoms with Gasteiger partial charge < -0.3 is 10.2 Å². The molecule has 2 atom stereocenters. The fourth-order valence-corrected chi connectivity index (χ4v) is 2.16. The molecule has 1 aromatic heterocycles. The van der Waals surface area contributed by atoms with Gasteiger partial charge in [0.15, 0.2) is 0 Å². The fourth-order valence-electron chi connectivity index (χ4n) is 1.98. The first kappa shape index (κ1) is 10.4. The lowest BCUT2D eigenvalue weighted by atomic mass is 10.00. The van der Waals surface area contributed by atoms with Gasteiger partial charge in [-0.15, -0.1) is 0 Å². The van der Waals surface area contributed by atoms with Crippen LogP contribution in [0.25, 0.3) is 0 Å². The number of aromatic nitrogens is 1. The molecule has 1 aromatic rings. The molecule has 0 aromatic carbocycles. The van der Waals surface area contributed by atoms with Crippen LogP contribution in [0, 0.1) is 5.92 Å². The van der Waals surface area contributed by atoms with Crippen LogP contribution >= 0.6 is 11.6 Å². The van der Waals surface area contributed by atoms with Gasteiger partial charge in [0, 0.05) is 17.7 Å². The number of carbonyl (C=O) groups is 1. The van der Waals surface area contributed by atoms with Crippen LogP contribution in [0.2, 0.25) is 5.15 Å². The second-order valence-electron chi connectivity index (χ2n) is 3.71. The first-order chi connectivity index (χ1) is 7.08. The zero-order valence-corrected chi connectivity index (χ0v) is 8.61. The number of hydrogen-bond donors (Lipinski definition) is 2. The Morgan fingerprint density at radius 3 is 3.07 bits per heavy atom. The first-order valence-electron chi connectivity index (χ1n) is 4.62. The maximum Gasteiger partial charge on any atom is 0.303 e. The third-order valence-electron chi connectivity index (χ3n) is 2.68. The number of carboxylic acids is 1. The summed E-state index contributed by atoms with van der Waals surface area (Å²) in [6, 6.07) is 1.68. The molecule has 0 amide bonds. The lowest BCUT2D eigenvalue weighted by molar-refractivity contribution is -0.139. The quantitative estimate of drug-likeness (QED) is 0.750. The monoisotopic (exact) mass is 227 g/mol. The van der Waals surface area contributed by atoms with Gasteiger partial charge >= 0.3 is 5.97 Å². The van der Waals surface area contributed by atoms with Crippen LogP contribution in [0.1, 0.15) is 23.7 Å². The van der Waals surface area contributed by atoms with Crippen molar-refractivity contribution in [1.29, 1.82) is 0 Å². The highest BCUT2D eigenvalue weighted by Crippen LogP contribution is 2.38. The lowest BCUT2D eigenvalue weighted by Gasteiger charge is -2.11. The molecular weight excluding hydrogens is 218 g/mol. The maximum atomic E-state index is 10.6. The summed E-state index contributed by atoms with van der Waals surface area (Å²) in [5.41, 5.74) is 1.60. The first-order valence-corrected chi connectivity index (χ1v) is 5.00. The Bertz CT molecular complexity index is 408. The maximum absolute atomic E-state index is 10.6. The summed E-state index contributed by atoms with van der Waals surface area (Å²) in [6.45, 7) is 0. The van der Waals surface area contributed by atoms with Gasteiger partial charge in [-0.3, -0.25) is 4.79 Å². The molecule has 15 heavy (non-hydrogen) atoms. The number of hydrogen-bond acceptors (Lipinski definition) is 3. The highest BCUT2D eigenvalue weighted by Gasteiger charge is 2.32. The topological polar surface area (TPSA) is 70.4 Å². The minimum atomic E-state index is -0.897. The molecule has 1 aliphatic rings. The molecular formula is C10H10ClNO3. The minimum Gasteiger partial charge on any atom is -0.481 e. The van der Waals surface area contributed by atoms with Gasteiger partial charge in [0.05, 0.1) is 12.5 Å². The lowest BCUT2D eigenvalue weighted by Crippen LogP contribution is -2.12. The van der Waals surface area contributed by atoms with Crippen molar-refractivity contribution in [1.82, 2.24) is 4.98 Å². The minimum absolute atomic E-state index is 0.0343. The molecule has 4 nitrogen and oxygen atoms in total. The number of carboxylic acid groups (broad SMARTS) is 1. The summed E-state index contributed by atoms with van der Waals surface area (Å²) in [6.07, 6.45) is 1.30. The van der Waals surface area contributed by atoms with Gasteiger partial charge in [-0.1, -0.05) is 11.6 Å². The average molecular weight is 228 g/mol. The van der Waals surface area contributed by atoms with Gasteiger partial charge in [-0.05, 0) is 18.1 Å². The van der Waals surface area contributed by atoms with Crippen molar-refractivity contribution in [2.45, 2.75) is 18.9 Å². The van der Waals surface area contributed by atoms with Crippen LogP contribution in [0.5, 0.6) is 0 Å². The van der Waals surface area contributed by atoms with E-state index in [9.17, 15) is 9.90 Å². The smallest absolute Gasteiger partial charge is 0.303 e.